The van der Waals surface area contributed by atoms with E-state index in [1.165, 1.54) is 12.8 Å². The van der Waals surface area contributed by atoms with Gasteiger partial charge in [0, 0.05) is 6.54 Å². The number of ether oxygens (including phenoxy) is 2. The zero-order valence-electron chi connectivity index (χ0n) is 11.6. The molecule has 1 fully saturated rings. The molecule has 1 saturated heterocycles. The Morgan fingerprint density at radius 1 is 1.32 bits per heavy atom. The summed E-state index contributed by atoms with van der Waals surface area (Å²) in [7, 11) is 1.56. The van der Waals surface area contributed by atoms with Crippen molar-refractivity contribution in [2.24, 2.45) is 0 Å². The molecule has 4 heteroatoms. The SMILES string of the molecule is COc1ccccc1C(=O)OC(C)CN1CCCC1. The number of benzene rings is 1. The van der Waals surface area contributed by atoms with Crippen LogP contribution in [0.1, 0.15) is 30.1 Å². The van der Waals surface area contributed by atoms with E-state index in [1.807, 2.05) is 19.1 Å². The Bertz CT molecular complexity index is 427. The minimum atomic E-state index is -0.316. The zero-order valence-corrected chi connectivity index (χ0v) is 11.6. The van der Waals surface area contributed by atoms with Gasteiger partial charge in [-0.1, -0.05) is 12.1 Å². The lowest BCUT2D eigenvalue weighted by atomic mass is 10.2. The molecule has 0 aromatic heterocycles. The normalized spacial score (nSPS) is 17.2. The smallest absolute Gasteiger partial charge is 0.342 e. The quantitative estimate of drug-likeness (QED) is 0.764. The average molecular weight is 263 g/mol. The van der Waals surface area contributed by atoms with Crippen LogP contribution in [-0.2, 0) is 4.74 Å². The van der Waals surface area contributed by atoms with Crippen LogP contribution in [0, 0.1) is 0 Å². The molecule has 0 spiro atoms. The third-order valence-electron chi connectivity index (χ3n) is 3.35. The van der Waals surface area contributed by atoms with Crippen LogP contribution in [0.5, 0.6) is 5.75 Å². The maximum atomic E-state index is 12.1. The number of carbonyl (C=O) groups is 1. The second-order valence-corrected chi connectivity index (χ2v) is 4.92. The van der Waals surface area contributed by atoms with Crippen molar-refractivity contribution in [2.45, 2.75) is 25.9 Å². The van der Waals surface area contributed by atoms with Gasteiger partial charge in [0.15, 0.2) is 0 Å². The number of carbonyl (C=O) groups excluding carboxylic acids is 1. The predicted molar refractivity (Wildman–Crippen MR) is 73.5 cm³/mol. The Morgan fingerprint density at radius 3 is 2.68 bits per heavy atom. The van der Waals surface area contributed by atoms with E-state index in [0.29, 0.717) is 11.3 Å². The average Bonchev–Trinajstić information content (AvgIpc) is 2.91. The highest BCUT2D eigenvalue weighted by molar-refractivity contribution is 5.92. The molecule has 0 N–H and O–H groups in total. The Morgan fingerprint density at radius 2 is 2.00 bits per heavy atom. The van der Waals surface area contributed by atoms with Crippen molar-refractivity contribution in [1.82, 2.24) is 4.90 Å². The van der Waals surface area contributed by atoms with Crippen molar-refractivity contribution in [3.63, 3.8) is 0 Å². The molecule has 0 bridgehead atoms. The van der Waals surface area contributed by atoms with E-state index in [-0.39, 0.29) is 12.1 Å². The summed E-state index contributed by atoms with van der Waals surface area (Å²) in [6.45, 7) is 4.96. The Balaban J connectivity index is 1.92. The Hall–Kier alpha value is -1.55. The third-order valence-corrected chi connectivity index (χ3v) is 3.35. The van der Waals surface area contributed by atoms with Crippen molar-refractivity contribution >= 4 is 5.97 Å². The molecule has 1 aromatic rings. The van der Waals surface area contributed by atoms with Crippen LogP contribution in [0.3, 0.4) is 0 Å². The van der Waals surface area contributed by atoms with Gasteiger partial charge in [0.05, 0.1) is 7.11 Å². The van der Waals surface area contributed by atoms with Crippen molar-refractivity contribution in [2.75, 3.05) is 26.7 Å². The van der Waals surface area contributed by atoms with Gasteiger partial charge in [-0.15, -0.1) is 0 Å². The van der Waals surface area contributed by atoms with E-state index in [0.717, 1.165) is 19.6 Å². The van der Waals surface area contributed by atoms with Gasteiger partial charge in [-0.3, -0.25) is 4.90 Å². The second kappa shape index (κ2) is 6.57. The topological polar surface area (TPSA) is 38.8 Å². The monoisotopic (exact) mass is 263 g/mol. The summed E-state index contributed by atoms with van der Waals surface area (Å²) in [6, 6.07) is 7.14. The Labute approximate surface area is 114 Å². The van der Waals surface area contributed by atoms with Crippen molar-refractivity contribution in [1.29, 1.82) is 0 Å². The highest BCUT2D eigenvalue weighted by atomic mass is 16.5. The van der Waals surface area contributed by atoms with Crippen LogP contribution >= 0.6 is 0 Å². The standard InChI is InChI=1S/C15H21NO3/c1-12(11-16-9-5-6-10-16)19-15(17)13-7-3-4-8-14(13)18-2/h3-4,7-8,12H,5-6,9-11H2,1-2H3. The van der Waals surface area contributed by atoms with Gasteiger partial charge in [0.2, 0.25) is 0 Å². The molecule has 0 radical (unpaired) electrons. The molecule has 1 aliphatic rings. The van der Waals surface area contributed by atoms with Gasteiger partial charge < -0.3 is 9.47 Å². The minimum Gasteiger partial charge on any atom is -0.496 e. The number of rotatable bonds is 5. The largest absolute Gasteiger partial charge is 0.496 e. The van der Waals surface area contributed by atoms with E-state index in [1.54, 1.807) is 19.2 Å². The lowest BCUT2D eigenvalue weighted by Crippen LogP contribution is -2.31. The molecule has 1 heterocycles. The fraction of sp³-hybridized carbons (Fsp3) is 0.533. The van der Waals surface area contributed by atoms with Crippen LogP contribution < -0.4 is 4.74 Å². The summed E-state index contributed by atoms with van der Waals surface area (Å²) >= 11 is 0. The van der Waals surface area contributed by atoms with E-state index in [2.05, 4.69) is 4.90 Å². The number of nitrogens with zero attached hydrogens (tertiary/aromatic N) is 1. The van der Waals surface area contributed by atoms with Crippen LogP contribution in [0.2, 0.25) is 0 Å². The van der Waals surface area contributed by atoms with E-state index in [4.69, 9.17) is 9.47 Å². The van der Waals surface area contributed by atoms with Crippen molar-refractivity contribution in [3.05, 3.63) is 29.8 Å². The van der Waals surface area contributed by atoms with Gasteiger partial charge in [-0.25, -0.2) is 4.79 Å². The van der Waals surface area contributed by atoms with Crippen molar-refractivity contribution < 1.29 is 14.3 Å². The molecule has 0 saturated carbocycles. The maximum Gasteiger partial charge on any atom is 0.342 e. The van der Waals surface area contributed by atoms with E-state index >= 15 is 0 Å². The highest BCUT2D eigenvalue weighted by Crippen LogP contribution is 2.19. The predicted octanol–water partition coefficient (Wildman–Crippen LogP) is 2.34. The number of methoxy groups -OCH3 is 1. The summed E-state index contributed by atoms with van der Waals surface area (Å²) in [4.78, 5) is 14.4. The molecule has 1 atom stereocenters. The van der Waals surface area contributed by atoms with Crippen LogP contribution in [0.15, 0.2) is 24.3 Å². The molecule has 0 aliphatic carbocycles. The number of esters is 1. The zero-order chi connectivity index (χ0) is 13.7. The Kier molecular flexibility index (Phi) is 4.80. The maximum absolute atomic E-state index is 12.1. The summed E-state index contributed by atoms with van der Waals surface area (Å²) < 4.78 is 10.7. The fourth-order valence-corrected chi connectivity index (χ4v) is 2.43. The molecular weight excluding hydrogens is 242 g/mol. The summed E-state index contributed by atoms with van der Waals surface area (Å²) in [5.41, 5.74) is 0.485. The molecule has 1 aliphatic heterocycles. The van der Waals surface area contributed by atoms with Gasteiger partial charge in [-0.2, -0.15) is 0 Å². The van der Waals surface area contributed by atoms with Gasteiger partial charge in [-0.05, 0) is 45.0 Å². The highest BCUT2D eigenvalue weighted by Gasteiger charge is 2.19. The lowest BCUT2D eigenvalue weighted by Gasteiger charge is -2.20. The fourth-order valence-electron chi connectivity index (χ4n) is 2.43. The third kappa shape index (κ3) is 3.70. The number of hydrogen-bond donors (Lipinski definition) is 0. The van der Waals surface area contributed by atoms with Crippen molar-refractivity contribution in [3.8, 4) is 5.75 Å². The molecule has 4 nitrogen and oxygen atoms in total. The number of likely N-dealkylation sites (tertiary alicyclic amines) is 1. The molecule has 2 rings (SSSR count). The summed E-state index contributed by atoms with van der Waals surface area (Å²) in [6.07, 6.45) is 2.39. The molecule has 1 unspecified atom stereocenters. The molecule has 1 aromatic carbocycles. The first kappa shape index (κ1) is 13.9. The summed E-state index contributed by atoms with van der Waals surface area (Å²) in [5.74, 6) is 0.241. The molecule has 0 amide bonds. The van der Waals surface area contributed by atoms with E-state index < -0.39 is 0 Å². The van der Waals surface area contributed by atoms with Gasteiger partial charge >= 0.3 is 5.97 Å². The first-order valence-corrected chi connectivity index (χ1v) is 6.77. The number of para-hydroxylation sites is 1. The van der Waals surface area contributed by atoms with Crippen LogP contribution in [0.4, 0.5) is 0 Å². The first-order valence-electron chi connectivity index (χ1n) is 6.77. The lowest BCUT2D eigenvalue weighted by molar-refractivity contribution is 0.0268. The van der Waals surface area contributed by atoms with Gasteiger partial charge in [0.1, 0.15) is 17.4 Å². The number of hydrogen-bond acceptors (Lipinski definition) is 4. The molecular formula is C15H21NO3. The summed E-state index contributed by atoms with van der Waals surface area (Å²) in [5, 5.41) is 0. The van der Waals surface area contributed by atoms with E-state index in [9.17, 15) is 4.79 Å². The molecule has 19 heavy (non-hydrogen) atoms. The van der Waals surface area contributed by atoms with Crippen LogP contribution in [-0.4, -0.2) is 43.7 Å². The second-order valence-electron chi connectivity index (χ2n) is 4.92. The van der Waals surface area contributed by atoms with Crippen LogP contribution in [0.25, 0.3) is 0 Å². The molecule has 104 valence electrons. The minimum absolute atomic E-state index is 0.101. The van der Waals surface area contributed by atoms with Gasteiger partial charge in [0.25, 0.3) is 0 Å². The first-order chi connectivity index (χ1) is 9.20.